The predicted molar refractivity (Wildman–Crippen MR) is 120 cm³/mol. The van der Waals surface area contributed by atoms with Gasteiger partial charge >= 0.3 is 0 Å². The number of rotatable bonds is 7. The van der Waals surface area contributed by atoms with Crippen molar-refractivity contribution >= 4 is 28.4 Å². The van der Waals surface area contributed by atoms with E-state index in [1.807, 2.05) is 50.4 Å². The van der Waals surface area contributed by atoms with Gasteiger partial charge in [0.1, 0.15) is 0 Å². The van der Waals surface area contributed by atoms with Crippen LogP contribution in [0.15, 0.2) is 46.2 Å². The fourth-order valence-corrected chi connectivity index (χ4v) is 4.83. The van der Waals surface area contributed by atoms with Crippen LogP contribution >= 0.6 is 11.8 Å². The largest absolute Gasteiger partial charge is 0.411 e. The first-order valence-corrected chi connectivity index (χ1v) is 11.4. The first kappa shape index (κ1) is 20.1. The van der Waals surface area contributed by atoms with Crippen LogP contribution in [0.25, 0.3) is 22.4 Å². The van der Waals surface area contributed by atoms with Gasteiger partial charge in [-0.2, -0.15) is 0 Å². The maximum atomic E-state index is 12.9. The Morgan fingerprint density at radius 3 is 3.00 bits per heavy atom. The Morgan fingerprint density at radius 1 is 1.29 bits per heavy atom. The molecule has 4 aromatic rings. The molecule has 1 fully saturated rings. The average molecular weight is 437 g/mol. The van der Waals surface area contributed by atoms with Crippen LogP contribution < -0.4 is 0 Å². The Balaban J connectivity index is 1.27. The molecule has 0 spiro atoms. The Kier molecular flexibility index (Phi) is 5.41. The quantitative estimate of drug-likeness (QED) is 0.331. The van der Waals surface area contributed by atoms with Crippen LogP contribution in [0.5, 0.6) is 0 Å². The van der Waals surface area contributed by atoms with Gasteiger partial charge in [0, 0.05) is 47.2 Å². The van der Waals surface area contributed by atoms with E-state index in [1.165, 1.54) is 11.8 Å². The number of carbonyl (C=O) groups excluding carboxylic acids is 1. The molecule has 0 bridgehead atoms. The van der Waals surface area contributed by atoms with Gasteiger partial charge in [0.05, 0.1) is 17.4 Å². The van der Waals surface area contributed by atoms with Crippen molar-refractivity contribution in [1.29, 1.82) is 0 Å². The summed E-state index contributed by atoms with van der Waals surface area (Å²) in [4.78, 5) is 16.1. The normalized spacial score (nSPS) is 16.4. The molecule has 1 saturated heterocycles. The highest BCUT2D eigenvalue weighted by Gasteiger charge is 2.22. The molecule has 0 unspecified atom stereocenters. The number of fused-ring (bicyclic) bond motifs is 1. The lowest BCUT2D eigenvalue weighted by molar-refractivity contribution is 0.0957. The van der Waals surface area contributed by atoms with Crippen LogP contribution in [0.2, 0.25) is 0 Å². The number of aryl methyl sites for hydroxylation is 1. The van der Waals surface area contributed by atoms with Crippen molar-refractivity contribution in [3.8, 4) is 11.5 Å². The maximum Gasteiger partial charge on any atom is 0.277 e. The van der Waals surface area contributed by atoms with Crippen molar-refractivity contribution in [3.63, 3.8) is 0 Å². The van der Waals surface area contributed by atoms with E-state index in [9.17, 15) is 4.79 Å². The van der Waals surface area contributed by atoms with Crippen molar-refractivity contribution in [2.24, 2.45) is 0 Å². The number of hydrogen-bond donors (Lipinski definition) is 1. The summed E-state index contributed by atoms with van der Waals surface area (Å²) in [6.45, 7) is 5.67. The molecule has 160 valence electrons. The topological polar surface area (TPSA) is 85.9 Å². The molecule has 31 heavy (non-hydrogen) atoms. The highest BCUT2D eigenvalue weighted by molar-refractivity contribution is 7.99. The van der Waals surface area contributed by atoms with Crippen LogP contribution in [0.3, 0.4) is 0 Å². The van der Waals surface area contributed by atoms with E-state index in [1.54, 1.807) is 0 Å². The number of thioether (sulfide) groups is 1. The van der Waals surface area contributed by atoms with Gasteiger partial charge in [-0.05, 0) is 38.8 Å². The number of Topliss-reactive ketones (excluding diaryl/α,β-unsaturated/α-hetero) is 1. The van der Waals surface area contributed by atoms with Gasteiger partial charge in [-0.25, -0.2) is 0 Å². The molecule has 0 amide bonds. The molecule has 1 atom stereocenters. The molecule has 1 aliphatic heterocycles. The average Bonchev–Trinajstić information content (AvgIpc) is 3.56. The lowest BCUT2D eigenvalue weighted by Crippen LogP contribution is -2.17. The van der Waals surface area contributed by atoms with Gasteiger partial charge in [0.15, 0.2) is 5.78 Å². The summed E-state index contributed by atoms with van der Waals surface area (Å²) in [5, 5.41) is 9.70. The first-order chi connectivity index (χ1) is 15.1. The lowest BCUT2D eigenvalue weighted by atomic mass is 10.2. The number of para-hydroxylation sites is 1. The van der Waals surface area contributed by atoms with Gasteiger partial charge < -0.3 is 18.7 Å². The summed E-state index contributed by atoms with van der Waals surface area (Å²) < 4.78 is 13.8. The van der Waals surface area contributed by atoms with Gasteiger partial charge in [-0.3, -0.25) is 4.79 Å². The van der Waals surface area contributed by atoms with Crippen LogP contribution in [-0.2, 0) is 11.3 Å². The number of ether oxygens (including phenoxy) is 1. The summed E-state index contributed by atoms with van der Waals surface area (Å²) >= 11 is 1.27. The zero-order valence-corrected chi connectivity index (χ0v) is 18.4. The van der Waals surface area contributed by atoms with Crippen LogP contribution in [0, 0.1) is 13.8 Å². The number of aromatic nitrogens is 4. The maximum absolute atomic E-state index is 12.9. The van der Waals surface area contributed by atoms with E-state index in [4.69, 9.17) is 9.15 Å². The van der Waals surface area contributed by atoms with E-state index in [2.05, 4.69) is 19.7 Å². The smallest absolute Gasteiger partial charge is 0.277 e. The molecule has 4 heterocycles. The molecule has 0 radical (unpaired) electrons. The number of aromatic amines is 1. The molecule has 1 N–H and O–H groups in total. The third-order valence-corrected chi connectivity index (χ3v) is 6.66. The molecule has 3 aromatic heterocycles. The third kappa shape index (κ3) is 3.93. The molecular formula is C23H24N4O3S. The third-order valence-electron chi connectivity index (χ3n) is 5.84. The number of benzene rings is 1. The van der Waals surface area contributed by atoms with E-state index in [0.29, 0.717) is 11.1 Å². The molecule has 0 aliphatic carbocycles. The van der Waals surface area contributed by atoms with Crippen LogP contribution in [0.1, 0.15) is 34.6 Å². The van der Waals surface area contributed by atoms with Gasteiger partial charge in [-0.15, -0.1) is 10.2 Å². The minimum absolute atomic E-state index is 0.0588. The summed E-state index contributed by atoms with van der Waals surface area (Å²) in [5.74, 6) is 0.755. The number of hydrogen-bond acceptors (Lipinski definition) is 6. The van der Waals surface area contributed by atoms with Crippen molar-refractivity contribution in [2.75, 3.05) is 12.4 Å². The zero-order valence-electron chi connectivity index (χ0n) is 17.6. The lowest BCUT2D eigenvalue weighted by Gasteiger charge is -2.14. The zero-order chi connectivity index (χ0) is 21.4. The first-order valence-electron chi connectivity index (χ1n) is 10.4. The SMILES string of the molecule is Cc1cc(C(=O)CSc2nnc(-c3c[nH]c4ccccc34)o2)c(C)n1C[C@@H]1CCCO1. The van der Waals surface area contributed by atoms with Crippen molar-refractivity contribution in [2.45, 2.75) is 44.6 Å². The van der Waals surface area contributed by atoms with Crippen LogP contribution in [-0.4, -0.2) is 44.0 Å². The molecule has 5 rings (SSSR count). The minimum Gasteiger partial charge on any atom is -0.411 e. The monoisotopic (exact) mass is 436 g/mol. The van der Waals surface area contributed by atoms with E-state index in [-0.39, 0.29) is 17.6 Å². The second-order valence-corrected chi connectivity index (χ2v) is 8.79. The summed E-state index contributed by atoms with van der Waals surface area (Å²) in [5.41, 5.74) is 4.70. The second-order valence-electron chi connectivity index (χ2n) is 7.86. The Labute approximate surface area is 184 Å². The van der Waals surface area contributed by atoms with E-state index in [0.717, 1.165) is 59.4 Å². The standard InChI is InChI=1S/C23H24N4O3S/c1-14-10-18(15(2)27(14)12-16-6-5-9-29-16)21(28)13-31-23-26-25-22(30-23)19-11-24-20-8-4-3-7-17(19)20/h3-4,7-8,10-11,16,24H,5-6,9,12-13H2,1-2H3/t16-/m0/s1. The summed E-state index contributed by atoms with van der Waals surface area (Å²) in [7, 11) is 0. The summed E-state index contributed by atoms with van der Waals surface area (Å²) in [6.07, 6.45) is 4.28. The van der Waals surface area contributed by atoms with Crippen molar-refractivity contribution in [1.82, 2.24) is 19.7 Å². The molecular weight excluding hydrogens is 412 g/mol. The van der Waals surface area contributed by atoms with Gasteiger partial charge in [0.25, 0.3) is 11.1 Å². The summed E-state index contributed by atoms with van der Waals surface area (Å²) in [6, 6.07) is 9.92. The van der Waals surface area contributed by atoms with Crippen molar-refractivity contribution < 1.29 is 13.9 Å². The van der Waals surface area contributed by atoms with Gasteiger partial charge in [0.2, 0.25) is 0 Å². The second kappa shape index (κ2) is 8.36. The highest BCUT2D eigenvalue weighted by atomic mass is 32.2. The fourth-order valence-electron chi connectivity index (χ4n) is 4.19. The number of nitrogens with one attached hydrogen (secondary N) is 1. The number of carbonyl (C=O) groups is 1. The van der Waals surface area contributed by atoms with Crippen LogP contribution in [0.4, 0.5) is 0 Å². The predicted octanol–water partition coefficient (Wildman–Crippen LogP) is 4.79. The Hall–Kier alpha value is -2.84. The van der Waals surface area contributed by atoms with E-state index < -0.39 is 0 Å². The minimum atomic E-state index is 0.0588. The van der Waals surface area contributed by atoms with Gasteiger partial charge in [-0.1, -0.05) is 30.0 Å². The number of H-pyrrole nitrogens is 1. The molecule has 1 aliphatic rings. The molecule has 7 nitrogen and oxygen atoms in total. The molecule has 8 heteroatoms. The van der Waals surface area contributed by atoms with E-state index >= 15 is 0 Å². The molecule has 0 saturated carbocycles. The number of ketones is 1. The van der Waals surface area contributed by atoms with Crippen molar-refractivity contribution in [3.05, 3.63) is 53.5 Å². The Bertz CT molecular complexity index is 1230. The highest BCUT2D eigenvalue weighted by Crippen LogP contribution is 2.30. The Morgan fingerprint density at radius 2 is 2.16 bits per heavy atom. The fraction of sp³-hybridized carbons (Fsp3) is 0.348. The molecule has 1 aromatic carbocycles. The number of nitrogens with zero attached hydrogens (tertiary/aromatic N) is 3.